The van der Waals surface area contributed by atoms with E-state index in [-0.39, 0.29) is 18.1 Å². The molecule has 2 aliphatic rings. The van der Waals surface area contributed by atoms with E-state index in [1.165, 1.54) is 15.3 Å². The molecule has 4 heterocycles. The molecule has 0 spiro atoms. The van der Waals surface area contributed by atoms with Crippen molar-refractivity contribution in [3.05, 3.63) is 63.8 Å². The summed E-state index contributed by atoms with van der Waals surface area (Å²) in [5.74, 6) is 0.536. The topological polar surface area (TPSA) is 86.3 Å². The second-order valence-electron chi connectivity index (χ2n) is 9.30. The van der Waals surface area contributed by atoms with Crippen LogP contribution in [0.3, 0.4) is 0 Å². The summed E-state index contributed by atoms with van der Waals surface area (Å²) in [6.45, 7) is 2.48. The summed E-state index contributed by atoms with van der Waals surface area (Å²) in [6, 6.07) is 8.06. The molecule has 7 nitrogen and oxygen atoms in total. The smallest absolute Gasteiger partial charge is 0.254 e. The summed E-state index contributed by atoms with van der Waals surface area (Å²) in [5, 5.41) is 5.27. The van der Waals surface area contributed by atoms with E-state index < -0.39 is 0 Å². The van der Waals surface area contributed by atoms with Crippen LogP contribution in [0.5, 0.6) is 0 Å². The van der Waals surface area contributed by atoms with Crippen LogP contribution < -0.4 is 5.73 Å². The molecule has 6 rings (SSSR count). The number of carbonyl (C=O) groups excluding carboxylic acids is 1. The fourth-order valence-electron chi connectivity index (χ4n) is 5.34. The minimum absolute atomic E-state index is 0.0219. The average molecular weight is 474 g/mol. The van der Waals surface area contributed by atoms with Gasteiger partial charge in [-0.15, -0.1) is 11.3 Å². The first-order chi connectivity index (χ1) is 16.4. The van der Waals surface area contributed by atoms with E-state index in [1.807, 2.05) is 61.2 Å². The number of hydrogen-bond donors (Lipinski definition) is 1. The van der Waals surface area contributed by atoms with Crippen LogP contribution in [0, 0.1) is 0 Å². The number of hydrogen-bond acceptors (Lipinski definition) is 6. The molecule has 0 radical (unpaired) electrons. The van der Waals surface area contributed by atoms with Crippen molar-refractivity contribution in [1.29, 1.82) is 0 Å². The fraction of sp³-hybridized carbons (Fsp3) is 0.346. The first-order valence-electron chi connectivity index (χ1n) is 11.6. The Hall–Kier alpha value is -3.23. The number of amides is 1. The maximum Gasteiger partial charge on any atom is 0.254 e. The first-order valence-corrected chi connectivity index (χ1v) is 12.4. The highest BCUT2D eigenvalue weighted by Crippen LogP contribution is 2.43. The van der Waals surface area contributed by atoms with Gasteiger partial charge < -0.3 is 15.4 Å². The summed E-state index contributed by atoms with van der Waals surface area (Å²) in [7, 11) is 3.86. The van der Waals surface area contributed by atoms with Gasteiger partial charge in [-0.05, 0) is 61.6 Å². The number of nitrogens with two attached hydrogens (primary N) is 1. The molecule has 34 heavy (non-hydrogen) atoms. The summed E-state index contributed by atoms with van der Waals surface area (Å²) >= 11 is 1.78. The van der Waals surface area contributed by atoms with Gasteiger partial charge in [0.1, 0.15) is 5.82 Å². The van der Waals surface area contributed by atoms with Gasteiger partial charge in [-0.2, -0.15) is 5.10 Å². The molecule has 2 N–H and O–H groups in total. The van der Waals surface area contributed by atoms with Gasteiger partial charge in [0.15, 0.2) is 0 Å². The van der Waals surface area contributed by atoms with Crippen LogP contribution >= 0.6 is 11.3 Å². The Morgan fingerprint density at radius 3 is 2.97 bits per heavy atom. The number of thiophene rings is 1. The number of ether oxygens (including phenoxy) is 1. The minimum atomic E-state index is -0.0811. The first kappa shape index (κ1) is 21.3. The molecular weight excluding hydrogens is 446 g/mol. The molecule has 3 aromatic heterocycles. The lowest BCUT2D eigenvalue weighted by atomic mass is 9.93. The quantitative estimate of drug-likeness (QED) is 0.452. The maximum atomic E-state index is 13.6. The van der Waals surface area contributed by atoms with E-state index >= 15 is 0 Å². The van der Waals surface area contributed by atoms with E-state index in [1.54, 1.807) is 11.3 Å². The van der Waals surface area contributed by atoms with Crippen molar-refractivity contribution in [2.75, 3.05) is 12.8 Å². The standard InChI is InChI=1S/C26H27N5O2S/c1-14-23-19(13-33-14)18-9-16(7-8-20(18)29-25(23)27)26(32)31(3)21-6-4-5-15-10-22(34-24(15)21)17-11-28-30(2)12-17/h7-12,14,21H,4-6,13H2,1-3H3,(H2,27,29). The van der Waals surface area contributed by atoms with E-state index in [2.05, 4.69) is 16.1 Å². The normalized spacial score (nSPS) is 19.3. The molecule has 0 bridgehead atoms. The SMILES string of the molecule is CC1OCc2c1c(N)nc1ccc(C(=O)N(C)C3CCCc4cc(-c5cnn(C)c5)sc43)cc21. The lowest BCUT2D eigenvalue weighted by Gasteiger charge is -2.31. The zero-order valence-electron chi connectivity index (χ0n) is 19.5. The largest absolute Gasteiger partial charge is 0.383 e. The molecular formula is C26H27N5O2S. The lowest BCUT2D eigenvalue weighted by molar-refractivity contribution is 0.0718. The zero-order valence-corrected chi connectivity index (χ0v) is 20.4. The predicted molar refractivity (Wildman–Crippen MR) is 134 cm³/mol. The van der Waals surface area contributed by atoms with Crippen LogP contribution in [0.25, 0.3) is 21.3 Å². The summed E-state index contributed by atoms with van der Waals surface area (Å²) < 4.78 is 7.64. The highest BCUT2D eigenvalue weighted by Gasteiger charge is 2.31. The van der Waals surface area contributed by atoms with E-state index in [9.17, 15) is 4.79 Å². The van der Waals surface area contributed by atoms with Crippen LogP contribution in [0.4, 0.5) is 5.82 Å². The van der Waals surface area contributed by atoms with Crippen molar-refractivity contribution in [1.82, 2.24) is 19.7 Å². The van der Waals surface area contributed by atoms with Crippen LogP contribution in [-0.2, 0) is 24.8 Å². The molecule has 2 unspecified atom stereocenters. The number of fused-ring (bicyclic) bond motifs is 4. The second kappa shape index (κ2) is 7.92. The highest BCUT2D eigenvalue weighted by atomic mass is 32.1. The van der Waals surface area contributed by atoms with Crippen LogP contribution in [-0.4, -0.2) is 32.6 Å². The predicted octanol–water partition coefficient (Wildman–Crippen LogP) is 5.02. The van der Waals surface area contributed by atoms with Crippen molar-refractivity contribution >= 4 is 34.0 Å². The zero-order chi connectivity index (χ0) is 23.6. The Balaban J connectivity index is 1.34. The van der Waals surface area contributed by atoms with Gasteiger partial charge in [-0.3, -0.25) is 9.48 Å². The number of pyridine rings is 1. The average Bonchev–Trinajstić information content (AvgIpc) is 3.56. The van der Waals surface area contributed by atoms with Gasteiger partial charge in [-0.1, -0.05) is 0 Å². The molecule has 8 heteroatoms. The number of anilines is 1. The molecule has 4 aromatic rings. The van der Waals surface area contributed by atoms with E-state index in [0.29, 0.717) is 18.0 Å². The Kier molecular flexibility index (Phi) is 4.97. The van der Waals surface area contributed by atoms with Crippen molar-refractivity contribution in [3.8, 4) is 10.4 Å². The van der Waals surface area contributed by atoms with Crippen molar-refractivity contribution < 1.29 is 9.53 Å². The summed E-state index contributed by atoms with van der Waals surface area (Å²) in [5.41, 5.74) is 12.1. The van der Waals surface area contributed by atoms with Gasteiger partial charge in [0.25, 0.3) is 5.91 Å². The molecule has 2 atom stereocenters. The summed E-state index contributed by atoms with van der Waals surface area (Å²) in [6.07, 6.45) is 6.96. The molecule has 0 saturated carbocycles. The number of nitrogens with zero attached hydrogens (tertiary/aromatic N) is 4. The Labute approximate surface area is 202 Å². The van der Waals surface area contributed by atoms with Crippen LogP contribution in [0.2, 0.25) is 0 Å². The van der Waals surface area contributed by atoms with Crippen molar-refractivity contribution in [3.63, 3.8) is 0 Å². The molecule has 1 aliphatic carbocycles. The fourth-order valence-corrected chi connectivity index (χ4v) is 6.71. The van der Waals surface area contributed by atoms with Gasteiger partial charge in [0, 0.05) is 52.1 Å². The van der Waals surface area contributed by atoms with Gasteiger partial charge in [-0.25, -0.2) is 4.98 Å². The number of rotatable bonds is 3. The molecule has 1 aromatic carbocycles. The monoisotopic (exact) mass is 473 g/mol. The highest BCUT2D eigenvalue weighted by molar-refractivity contribution is 7.15. The number of benzene rings is 1. The van der Waals surface area contributed by atoms with E-state index in [4.69, 9.17) is 10.5 Å². The van der Waals surface area contributed by atoms with Crippen LogP contribution in [0.1, 0.15) is 63.8 Å². The Morgan fingerprint density at radius 1 is 1.32 bits per heavy atom. The molecule has 174 valence electrons. The van der Waals surface area contributed by atoms with Gasteiger partial charge >= 0.3 is 0 Å². The second-order valence-corrected chi connectivity index (χ2v) is 10.4. The minimum Gasteiger partial charge on any atom is -0.383 e. The third-order valence-electron chi connectivity index (χ3n) is 7.14. The Morgan fingerprint density at radius 2 is 2.18 bits per heavy atom. The lowest BCUT2D eigenvalue weighted by Crippen LogP contribution is -2.32. The maximum absolute atomic E-state index is 13.6. The van der Waals surface area contributed by atoms with Crippen molar-refractivity contribution in [2.24, 2.45) is 7.05 Å². The summed E-state index contributed by atoms with van der Waals surface area (Å²) in [4.78, 5) is 22.6. The van der Waals surface area contributed by atoms with Crippen molar-refractivity contribution in [2.45, 2.75) is 44.9 Å². The molecule has 1 amide bonds. The van der Waals surface area contributed by atoms with Gasteiger partial charge in [0.2, 0.25) is 0 Å². The number of nitrogen functional groups attached to an aromatic ring is 1. The molecule has 0 saturated heterocycles. The number of carbonyl (C=O) groups is 1. The third kappa shape index (κ3) is 3.32. The number of aryl methyl sites for hydroxylation is 2. The Bertz CT molecular complexity index is 1440. The van der Waals surface area contributed by atoms with Crippen LogP contribution in [0.15, 0.2) is 36.7 Å². The van der Waals surface area contributed by atoms with E-state index in [0.717, 1.165) is 46.9 Å². The molecule has 1 aliphatic heterocycles. The van der Waals surface area contributed by atoms with Gasteiger partial charge in [0.05, 0.1) is 30.5 Å². The number of aromatic nitrogens is 3. The third-order valence-corrected chi connectivity index (χ3v) is 8.47. The molecule has 0 fully saturated rings.